The maximum absolute atomic E-state index is 4.09. The minimum absolute atomic E-state index is 0.0962. The number of alkyl halides is 1. The molecule has 0 saturated carbocycles. The Morgan fingerprint density at radius 1 is 0.703 bits per heavy atom. The van der Waals surface area contributed by atoms with Gasteiger partial charge in [-0.3, -0.25) is 4.90 Å². The third-order valence-corrected chi connectivity index (χ3v) is 9.02. The number of hydrogen-bond acceptors (Lipinski definition) is 1. The summed E-state index contributed by atoms with van der Waals surface area (Å²) < 4.78 is 0. The minimum atomic E-state index is 0.0962. The lowest BCUT2D eigenvalue weighted by Gasteiger charge is -2.33. The lowest BCUT2D eigenvalue weighted by molar-refractivity contribution is 0.171. The molecule has 0 aromatic heterocycles. The zero-order valence-corrected chi connectivity index (χ0v) is 25.6. The molecule has 37 heavy (non-hydrogen) atoms. The van der Waals surface area contributed by atoms with Crippen LogP contribution in [-0.2, 0) is 5.41 Å². The van der Waals surface area contributed by atoms with E-state index in [1.807, 2.05) is 12.2 Å². The molecule has 0 heterocycles. The fraction of sp³-hybridized carbons (Fsp3) is 0.543. The summed E-state index contributed by atoms with van der Waals surface area (Å²) in [5.41, 5.74) is 8.50. The monoisotopic (exact) mass is 563 g/mol. The first-order valence-corrected chi connectivity index (χ1v) is 15.9. The van der Waals surface area contributed by atoms with Crippen LogP contribution in [0.15, 0.2) is 49.6 Å². The number of benzene rings is 2. The maximum atomic E-state index is 4.09. The molecule has 202 valence electrons. The molecule has 0 amide bonds. The predicted molar refractivity (Wildman–Crippen MR) is 170 cm³/mol. The van der Waals surface area contributed by atoms with Crippen molar-refractivity contribution in [1.29, 1.82) is 0 Å². The van der Waals surface area contributed by atoms with Crippen LogP contribution >= 0.6 is 15.9 Å². The van der Waals surface area contributed by atoms with E-state index in [9.17, 15) is 0 Å². The molecule has 0 N–H and O–H groups in total. The highest BCUT2D eigenvalue weighted by Crippen LogP contribution is 2.54. The van der Waals surface area contributed by atoms with Crippen molar-refractivity contribution < 1.29 is 0 Å². The van der Waals surface area contributed by atoms with Crippen molar-refractivity contribution in [3.05, 3.63) is 71.8 Å². The Hall–Kier alpha value is -1.64. The first kappa shape index (κ1) is 29.9. The minimum Gasteiger partial charge on any atom is -0.299 e. The van der Waals surface area contributed by atoms with Gasteiger partial charge in [0, 0.05) is 22.8 Å². The van der Waals surface area contributed by atoms with Gasteiger partial charge in [0.1, 0.15) is 0 Å². The second-order valence-electron chi connectivity index (χ2n) is 11.5. The highest BCUT2D eigenvalue weighted by Gasteiger charge is 2.42. The van der Waals surface area contributed by atoms with Gasteiger partial charge >= 0.3 is 0 Å². The SMILES string of the molecule is C=Cc1ccc2c(c1)C(CCCCCCBr)(CCCCCCN(C(C)C)C(C)C)c1cc(C=C)ccc1-2. The molecule has 0 spiro atoms. The molecule has 2 heteroatoms. The van der Waals surface area contributed by atoms with Crippen LogP contribution in [0.2, 0.25) is 0 Å². The van der Waals surface area contributed by atoms with Gasteiger partial charge in [0.2, 0.25) is 0 Å². The van der Waals surface area contributed by atoms with E-state index in [2.05, 4.69) is 98.1 Å². The molecular formula is C35H50BrN. The van der Waals surface area contributed by atoms with Crippen molar-refractivity contribution in [3.63, 3.8) is 0 Å². The summed E-state index contributed by atoms with van der Waals surface area (Å²) in [6.45, 7) is 18.7. The van der Waals surface area contributed by atoms with Crippen LogP contribution in [0.4, 0.5) is 0 Å². The molecule has 2 aromatic carbocycles. The molecular weight excluding hydrogens is 514 g/mol. The van der Waals surface area contributed by atoms with Crippen LogP contribution in [0.3, 0.4) is 0 Å². The molecule has 1 aliphatic rings. The molecule has 3 rings (SSSR count). The predicted octanol–water partition coefficient (Wildman–Crippen LogP) is 10.7. The molecule has 0 aliphatic heterocycles. The molecule has 0 bridgehead atoms. The molecule has 1 aliphatic carbocycles. The van der Waals surface area contributed by atoms with Crippen LogP contribution in [0, 0.1) is 0 Å². The Kier molecular flexibility index (Phi) is 11.7. The number of halogens is 1. The Morgan fingerprint density at radius 2 is 1.16 bits per heavy atom. The van der Waals surface area contributed by atoms with Crippen molar-refractivity contribution in [1.82, 2.24) is 4.90 Å². The van der Waals surface area contributed by atoms with Crippen LogP contribution in [0.25, 0.3) is 23.3 Å². The molecule has 0 unspecified atom stereocenters. The highest BCUT2D eigenvalue weighted by molar-refractivity contribution is 9.09. The van der Waals surface area contributed by atoms with Gasteiger partial charge in [0.05, 0.1) is 0 Å². The summed E-state index contributed by atoms with van der Waals surface area (Å²) >= 11 is 3.61. The van der Waals surface area contributed by atoms with Crippen molar-refractivity contribution in [3.8, 4) is 11.1 Å². The normalized spacial score (nSPS) is 13.8. The zero-order valence-electron chi connectivity index (χ0n) is 24.0. The molecule has 0 fully saturated rings. The first-order valence-electron chi connectivity index (χ1n) is 14.7. The second kappa shape index (κ2) is 14.5. The highest BCUT2D eigenvalue weighted by atomic mass is 79.9. The van der Waals surface area contributed by atoms with Gasteiger partial charge in [0.25, 0.3) is 0 Å². The van der Waals surface area contributed by atoms with Gasteiger partial charge in [-0.15, -0.1) is 0 Å². The number of hydrogen-bond donors (Lipinski definition) is 0. The summed E-state index contributed by atoms with van der Waals surface area (Å²) in [5.74, 6) is 0. The van der Waals surface area contributed by atoms with Crippen LogP contribution < -0.4 is 0 Å². The fourth-order valence-corrected chi connectivity index (χ4v) is 6.91. The summed E-state index contributed by atoms with van der Waals surface area (Å²) in [7, 11) is 0. The van der Waals surface area contributed by atoms with E-state index < -0.39 is 0 Å². The average Bonchev–Trinajstić information content (AvgIpc) is 3.15. The van der Waals surface area contributed by atoms with E-state index in [1.54, 1.807) is 0 Å². The molecule has 0 radical (unpaired) electrons. The molecule has 0 atom stereocenters. The Morgan fingerprint density at radius 3 is 1.59 bits per heavy atom. The summed E-state index contributed by atoms with van der Waals surface area (Å²) in [5, 5.41) is 1.11. The Labute approximate surface area is 236 Å². The number of fused-ring (bicyclic) bond motifs is 3. The smallest absolute Gasteiger partial charge is 0.0215 e. The van der Waals surface area contributed by atoms with Gasteiger partial charge in [-0.2, -0.15) is 0 Å². The summed E-state index contributed by atoms with van der Waals surface area (Å²) in [6, 6.07) is 15.3. The molecule has 1 nitrogen and oxygen atoms in total. The largest absolute Gasteiger partial charge is 0.299 e. The van der Waals surface area contributed by atoms with E-state index >= 15 is 0 Å². The Balaban J connectivity index is 1.83. The van der Waals surface area contributed by atoms with E-state index in [1.165, 1.54) is 104 Å². The second-order valence-corrected chi connectivity index (χ2v) is 12.3. The van der Waals surface area contributed by atoms with Gasteiger partial charge in [0.15, 0.2) is 0 Å². The number of rotatable bonds is 17. The number of unbranched alkanes of at least 4 members (excludes halogenated alkanes) is 6. The van der Waals surface area contributed by atoms with Crippen molar-refractivity contribution >= 4 is 28.1 Å². The van der Waals surface area contributed by atoms with Gasteiger partial charge in [-0.05, 0) is 93.3 Å². The fourth-order valence-electron chi connectivity index (χ4n) is 6.51. The van der Waals surface area contributed by atoms with E-state index in [0.717, 1.165) is 5.33 Å². The Bertz CT molecular complexity index is 952. The van der Waals surface area contributed by atoms with Crippen LogP contribution in [0.1, 0.15) is 114 Å². The topological polar surface area (TPSA) is 3.24 Å². The third kappa shape index (κ3) is 7.27. The lowest BCUT2D eigenvalue weighted by atomic mass is 9.70. The number of nitrogens with zero attached hydrogens (tertiary/aromatic N) is 1. The molecule has 0 saturated heterocycles. The first-order chi connectivity index (χ1) is 17.9. The van der Waals surface area contributed by atoms with Crippen LogP contribution in [0.5, 0.6) is 0 Å². The van der Waals surface area contributed by atoms with Crippen LogP contribution in [-0.4, -0.2) is 28.9 Å². The average molecular weight is 565 g/mol. The van der Waals surface area contributed by atoms with Gasteiger partial charge in [-0.1, -0.05) is 116 Å². The van der Waals surface area contributed by atoms with Gasteiger partial charge < -0.3 is 0 Å². The standard InChI is InChI=1S/C35H50BrN/c1-7-29-17-19-31-32-20-18-30(8-2)26-34(32)35(33(31)25-29,21-13-9-11-15-23-36)22-14-10-12-16-24-37(27(3)4)28(5)6/h7-8,17-20,25-28H,1-2,9-16,21-24H2,3-6H3. The quantitative estimate of drug-likeness (QED) is 0.136. The van der Waals surface area contributed by atoms with Crippen molar-refractivity contribution in [2.45, 2.75) is 109 Å². The summed E-state index contributed by atoms with van der Waals surface area (Å²) in [6.07, 6.45) is 16.8. The van der Waals surface area contributed by atoms with Gasteiger partial charge in [-0.25, -0.2) is 0 Å². The maximum Gasteiger partial charge on any atom is 0.0215 e. The van der Waals surface area contributed by atoms with E-state index in [4.69, 9.17) is 0 Å². The van der Waals surface area contributed by atoms with Crippen molar-refractivity contribution in [2.75, 3.05) is 11.9 Å². The van der Waals surface area contributed by atoms with Crippen molar-refractivity contribution in [2.24, 2.45) is 0 Å². The summed E-state index contributed by atoms with van der Waals surface area (Å²) in [4.78, 5) is 2.63. The molecule has 2 aromatic rings. The zero-order chi connectivity index (χ0) is 26.8. The van der Waals surface area contributed by atoms with E-state index in [-0.39, 0.29) is 5.41 Å². The third-order valence-electron chi connectivity index (χ3n) is 8.46. The van der Waals surface area contributed by atoms with E-state index in [0.29, 0.717) is 12.1 Å². The lowest BCUT2D eigenvalue weighted by Crippen LogP contribution is -2.37.